The molecule has 0 spiro atoms. The maximum Gasteiger partial charge on any atom is 0.416 e. The quantitative estimate of drug-likeness (QED) is 0.654. The molecule has 0 saturated carbocycles. The van der Waals surface area contributed by atoms with E-state index in [4.69, 9.17) is 10.5 Å². The largest absolute Gasteiger partial charge is 0.488 e. The molecule has 7 heteroatoms. The molecule has 2 nitrogen and oxygen atoms in total. The molecule has 0 aliphatic carbocycles. The highest BCUT2D eigenvalue weighted by molar-refractivity contribution is 14.1. The van der Waals surface area contributed by atoms with Crippen molar-refractivity contribution < 1.29 is 17.9 Å². The van der Waals surface area contributed by atoms with Crippen LogP contribution in [0.3, 0.4) is 0 Å². The number of alkyl halides is 3. The van der Waals surface area contributed by atoms with Crippen molar-refractivity contribution in [3.63, 3.8) is 0 Å². The van der Waals surface area contributed by atoms with Gasteiger partial charge in [0, 0.05) is 0 Å². The van der Waals surface area contributed by atoms with E-state index in [1.165, 1.54) is 12.1 Å². The third-order valence-electron chi connectivity index (χ3n) is 3.10. The number of ether oxygens (including phenoxy) is 1. The van der Waals surface area contributed by atoms with Crippen molar-refractivity contribution in [1.29, 1.82) is 0 Å². The highest BCUT2D eigenvalue weighted by Gasteiger charge is 2.29. The van der Waals surface area contributed by atoms with Gasteiger partial charge in [-0.2, -0.15) is 13.2 Å². The fraction of sp³-hybridized carbons (Fsp3) is 0.250. The monoisotopic (exact) mass is 457 g/mol. The molecule has 0 atom stereocenters. The van der Waals surface area contributed by atoms with E-state index in [0.717, 1.165) is 27.7 Å². The Balaban J connectivity index is 0.00000264. The first-order chi connectivity index (χ1) is 10.4. The molecule has 0 fully saturated rings. The second-order valence-electron chi connectivity index (χ2n) is 4.79. The van der Waals surface area contributed by atoms with Crippen LogP contribution in [-0.2, 0) is 19.2 Å². The van der Waals surface area contributed by atoms with Crippen molar-refractivity contribution in [2.24, 2.45) is 5.73 Å². The number of nitrogens with two attached hydrogens (primary N) is 1. The molecule has 0 amide bonds. The topological polar surface area (TPSA) is 35.2 Å². The summed E-state index contributed by atoms with van der Waals surface area (Å²) in [6.07, 6.45) is -3.51. The van der Waals surface area contributed by atoms with Crippen molar-refractivity contribution >= 4 is 35.0 Å². The summed E-state index contributed by atoms with van der Waals surface area (Å²) in [7, 11) is 0. The van der Waals surface area contributed by atoms with Crippen molar-refractivity contribution in [3.8, 4) is 5.75 Å². The minimum atomic E-state index is -4.31. The predicted molar refractivity (Wildman–Crippen MR) is 94.9 cm³/mol. The fourth-order valence-corrected chi connectivity index (χ4v) is 2.67. The van der Waals surface area contributed by atoms with Crippen LogP contribution in [0.4, 0.5) is 13.2 Å². The lowest BCUT2D eigenvalue weighted by Gasteiger charge is -2.11. The lowest BCUT2D eigenvalue weighted by Crippen LogP contribution is -2.05. The maximum atomic E-state index is 12.5. The molecule has 0 radical (unpaired) electrons. The first-order valence-corrected chi connectivity index (χ1v) is 7.75. The summed E-state index contributed by atoms with van der Waals surface area (Å²) in [4.78, 5) is 0. The van der Waals surface area contributed by atoms with E-state index in [1.54, 1.807) is 0 Å². The van der Waals surface area contributed by atoms with E-state index in [0.29, 0.717) is 17.9 Å². The minimum Gasteiger partial charge on any atom is -0.488 e. The molecule has 126 valence electrons. The summed E-state index contributed by atoms with van der Waals surface area (Å²) in [5.74, 6) is 0.710. The molecule has 2 rings (SSSR count). The first-order valence-electron chi connectivity index (χ1n) is 6.67. The predicted octanol–water partition coefficient (Wildman–Crippen LogP) is 4.81. The Morgan fingerprint density at radius 3 is 2.13 bits per heavy atom. The van der Waals surface area contributed by atoms with Gasteiger partial charge in [-0.25, -0.2) is 0 Å². The van der Waals surface area contributed by atoms with E-state index < -0.39 is 11.7 Å². The van der Waals surface area contributed by atoms with Gasteiger partial charge in [-0.15, -0.1) is 12.4 Å². The van der Waals surface area contributed by atoms with Gasteiger partial charge in [0.05, 0.1) is 9.13 Å². The van der Waals surface area contributed by atoms with Crippen LogP contribution in [-0.4, -0.2) is 6.54 Å². The molecular weight excluding hydrogens is 442 g/mol. The smallest absolute Gasteiger partial charge is 0.416 e. The lowest BCUT2D eigenvalue weighted by atomic mass is 10.1. The van der Waals surface area contributed by atoms with Gasteiger partial charge in [-0.3, -0.25) is 0 Å². The van der Waals surface area contributed by atoms with Crippen molar-refractivity contribution in [3.05, 3.63) is 62.7 Å². The van der Waals surface area contributed by atoms with E-state index in [1.807, 2.05) is 18.2 Å². The van der Waals surface area contributed by atoms with Crippen LogP contribution < -0.4 is 10.5 Å². The molecule has 0 unspecified atom stereocenters. The second-order valence-corrected chi connectivity index (χ2v) is 5.95. The van der Waals surface area contributed by atoms with E-state index in [-0.39, 0.29) is 19.0 Å². The number of hydrogen-bond donors (Lipinski definition) is 1. The Morgan fingerprint density at radius 1 is 1.00 bits per heavy atom. The number of benzene rings is 2. The zero-order valence-electron chi connectivity index (χ0n) is 12.1. The number of halogens is 5. The van der Waals surface area contributed by atoms with Gasteiger partial charge in [0.25, 0.3) is 0 Å². The average Bonchev–Trinajstić information content (AvgIpc) is 2.46. The Bertz CT molecular complexity index is 632. The maximum absolute atomic E-state index is 12.5. The van der Waals surface area contributed by atoms with Crippen LogP contribution in [0.1, 0.15) is 16.7 Å². The van der Waals surface area contributed by atoms with E-state index >= 15 is 0 Å². The van der Waals surface area contributed by atoms with E-state index in [9.17, 15) is 13.2 Å². The number of hydrogen-bond acceptors (Lipinski definition) is 2. The summed E-state index contributed by atoms with van der Waals surface area (Å²) >= 11 is 2.17. The molecule has 0 aliphatic rings. The van der Waals surface area contributed by atoms with Crippen LogP contribution in [0.25, 0.3) is 0 Å². The van der Waals surface area contributed by atoms with Gasteiger partial charge < -0.3 is 10.5 Å². The van der Waals surface area contributed by atoms with Crippen molar-refractivity contribution in [2.45, 2.75) is 19.2 Å². The van der Waals surface area contributed by atoms with Crippen LogP contribution in [0.2, 0.25) is 0 Å². The third-order valence-corrected chi connectivity index (χ3v) is 3.95. The molecule has 0 saturated heterocycles. The normalized spacial score (nSPS) is 11.0. The van der Waals surface area contributed by atoms with Gasteiger partial charge >= 0.3 is 6.18 Å². The number of rotatable bonds is 5. The van der Waals surface area contributed by atoms with Gasteiger partial charge in [-0.1, -0.05) is 18.2 Å². The Labute approximate surface area is 152 Å². The van der Waals surface area contributed by atoms with Crippen molar-refractivity contribution in [1.82, 2.24) is 0 Å². The van der Waals surface area contributed by atoms with Gasteiger partial charge in [-0.05, 0) is 70.9 Å². The zero-order chi connectivity index (χ0) is 16.2. The minimum absolute atomic E-state index is 0. The Morgan fingerprint density at radius 2 is 1.61 bits per heavy atom. The van der Waals surface area contributed by atoms with Gasteiger partial charge in [0.15, 0.2) is 0 Å². The summed E-state index contributed by atoms with van der Waals surface area (Å²) in [5.41, 5.74) is 6.68. The summed E-state index contributed by atoms with van der Waals surface area (Å²) < 4.78 is 44.1. The first kappa shape index (κ1) is 20.1. The van der Waals surface area contributed by atoms with Crippen LogP contribution in [0.5, 0.6) is 5.75 Å². The van der Waals surface area contributed by atoms with Crippen molar-refractivity contribution in [2.75, 3.05) is 6.54 Å². The fourth-order valence-electron chi connectivity index (χ4n) is 1.93. The molecule has 0 aliphatic heterocycles. The Kier molecular flexibility index (Phi) is 7.63. The Hall–Kier alpha value is -0.990. The standard InChI is InChI=1S/C16H15F3INO.ClH/c17-16(18,19)13-4-1-12(2-5-13)10-22-15-6-3-11(7-8-21)9-14(15)20;/h1-6,9H,7-8,10,21H2;1H. The molecule has 2 N–H and O–H groups in total. The molecule has 0 bridgehead atoms. The molecule has 0 aromatic heterocycles. The van der Waals surface area contributed by atoms with E-state index in [2.05, 4.69) is 22.6 Å². The summed E-state index contributed by atoms with van der Waals surface area (Å²) in [6.45, 7) is 0.812. The van der Waals surface area contributed by atoms with Crippen LogP contribution in [0, 0.1) is 3.57 Å². The van der Waals surface area contributed by atoms with Gasteiger partial charge in [0.1, 0.15) is 12.4 Å². The average molecular weight is 458 g/mol. The summed E-state index contributed by atoms with van der Waals surface area (Å²) in [5, 5.41) is 0. The highest BCUT2D eigenvalue weighted by Crippen LogP contribution is 2.29. The zero-order valence-corrected chi connectivity index (χ0v) is 15.0. The van der Waals surface area contributed by atoms with Crippen LogP contribution in [0.15, 0.2) is 42.5 Å². The highest BCUT2D eigenvalue weighted by atomic mass is 127. The molecular formula is C16H16ClF3INO. The molecule has 0 heterocycles. The molecule has 2 aromatic carbocycles. The summed E-state index contributed by atoms with van der Waals surface area (Å²) in [6, 6.07) is 10.8. The molecule has 23 heavy (non-hydrogen) atoms. The molecule has 2 aromatic rings. The van der Waals surface area contributed by atoms with Gasteiger partial charge in [0.2, 0.25) is 0 Å². The lowest BCUT2D eigenvalue weighted by molar-refractivity contribution is -0.137. The van der Waals surface area contributed by atoms with Crippen LogP contribution >= 0.6 is 35.0 Å². The third kappa shape index (κ3) is 5.86. The second kappa shape index (κ2) is 8.75. The SMILES string of the molecule is Cl.NCCc1ccc(OCc2ccc(C(F)(F)F)cc2)c(I)c1.